The van der Waals surface area contributed by atoms with E-state index in [4.69, 9.17) is 11.6 Å². The Bertz CT molecular complexity index is 932. The molecule has 2 nitrogen and oxygen atoms in total. The highest BCUT2D eigenvalue weighted by molar-refractivity contribution is 6.30. The molecule has 1 saturated carbocycles. The Hall–Kier alpha value is -2.13. The number of aliphatic hydroxyl groups is 1. The van der Waals surface area contributed by atoms with E-state index in [9.17, 15) is 14.3 Å². The van der Waals surface area contributed by atoms with Crippen LogP contribution < -0.4 is 0 Å². The summed E-state index contributed by atoms with van der Waals surface area (Å²) in [7, 11) is 0. The second-order valence-corrected chi connectivity index (χ2v) is 7.59. The van der Waals surface area contributed by atoms with E-state index in [2.05, 4.69) is 0 Å². The minimum absolute atomic E-state index is 0.0206. The van der Waals surface area contributed by atoms with Gasteiger partial charge in [0, 0.05) is 11.8 Å². The van der Waals surface area contributed by atoms with Crippen LogP contribution in [0.15, 0.2) is 42.2 Å². The summed E-state index contributed by atoms with van der Waals surface area (Å²) in [6.45, 7) is 2.03. The molecule has 4 rings (SSSR count). The summed E-state index contributed by atoms with van der Waals surface area (Å²) in [5, 5.41) is 10.8. The number of Topliss-reactive ketones (excluding diaryl/α,β-unsaturated/α-hetero) is 1. The van der Waals surface area contributed by atoms with Gasteiger partial charge in [-0.05, 0) is 66.1 Å². The molecule has 0 radical (unpaired) electrons. The average Bonchev–Trinajstić information content (AvgIpc) is 3.10. The number of rotatable bonds is 3. The van der Waals surface area contributed by atoms with Gasteiger partial charge in [0.2, 0.25) is 0 Å². The fourth-order valence-electron chi connectivity index (χ4n) is 4.25. The molecule has 0 aliphatic heterocycles. The molecule has 134 valence electrons. The smallest absolute Gasteiger partial charge is 0.169 e. The highest BCUT2D eigenvalue weighted by atomic mass is 35.5. The Morgan fingerprint density at radius 1 is 1.12 bits per heavy atom. The summed E-state index contributed by atoms with van der Waals surface area (Å²) in [6.07, 6.45) is 3.23. The normalized spacial score (nSPS) is 22.2. The van der Waals surface area contributed by atoms with Crippen molar-refractivity contribution in [1.82, 2.24) is 0 Å². The molecule has 26 heavy (non-hydrogen) atoms. The lowest BCUT2D eigenvalue weighted by Crippen LogP contribution is -2.22. The summed E-state index contributed by atoms with van der Waals surface area (Å²) < 4.78 is 13.9. The van der Waals surface area contributed by atoms with Crippen LogP contribution in [0.5, 0.6) is 0 Å². The van der Waals surface area contributed by atoms with Crippen molar-refractivity contribution in [3.05, 3.63) is 64.1 Å². The van der Waals surface area contributed by atoms with Crippen LogP contribution in [0.1, 0.15) is 37.3 Å². The first kappa shape index (κ1) is 17.3. The number of allylic oxidation sites excluding steroid dienone is 2. The second kappa shape index (κ2) is 6.55. The lowest BCUT2D eigenvalue weighted by atomic mass is 9.81. The minimum atomic E-state index is -0.473. The van der Waals surface area contributed by atoms with Gasteiger partial charge in [0.1, 0.15) is 11.6 Å². The standard InChI is InChI=1S/C22H20ClFO2/c1-2-12-3-4-13(14-7-8-18(23)19(24)11-14)10-17(12)20-21(25)15-5-6-16(9-15)22(20)26/h3-4,7-8,10-11,15-16,25H,2,5-6,9H2,1H3/t15-,16+/m0/s1. The van der Waals surface area contributed by atoms with Crippen LogP contribution >= 0.6 is 11.6 Å². The van der Waals surface area contributed by atoms with Gasteiger partial charge < -0.3 is 5.11 Å². The SMILES string of the molecule is CCc1ccc(-c2ccc(Cl)c(F)c2)cc1C1=C(O)[C@H]2CC[C@H](C2)C1=O. The maximum atomic E-state index is 13.9. The number of hydrogen-bond donors (Lipinski definition) is 1. The zero-order valence-electron chi connectivity index (χ0n) is 14.6. The maximum absolute atomic E-state index is 13.9. The summed E-state index contributed by atoms with van der Waals surface area (Å²) in [5.74, 6) is -0.0799. The van der Waals surface area contributed by atoms with Crippen LogP contribution in [-0.4, -0.2) is 10.9 Å². The van der Waals surface area contributed by atoms with Gasteiger partial charge in [-0.1, -0.05) is 36.7 Å². The molecule has 2 bridgehead atoms. The zero-order chi connectivity index (χ0) is 18.4. The lowest BCUT2D eigenvalue weighted by Gasteiger charge is -2.23. The van der Waals surface area contributed by atoms with E-state index in [-0.39, 0.29) is 28.4 Å². The van der Waals surface area contributed by atoms with Gasteiger partial charge in [-0.25, -0.2) is 4.39 Å². The van der Waals surface area contributed by atoms with Crippen LogP contribution in [0, 0.1) is 17.7 Å². The monoisotopic (exact) mass is 370 g/mol. The number of carbonyl (C=O) groups excluding carboxylic acids is 1. The van der Waals surface area contributed by atoms with E-state index in [0.717, 1.165) is 42.4 Å². The van der Waals surface area contributed by atoms with Gasteiger partial charge in [0.05, 0.1) is 10.6 Å². The highest BCUT2D eigenvalue weighted by Gasteiger charge is 2.41. The van der Waals surface area contributed by atoms with Crippen molar-refractivity contribution in [2.45, 2.75) is 32.6 Å². The van der Waals surface area contributed by atoms with E-state index in [1.165, 1.54) is 12.1 Å². The third-order valence-electron chi connectivity index (χ3n) is 5.71. The third-order valence-corrected chi connectivity index (χ3v) is 6.01. The molecule has 1 fully saturated rings. The maximum Gasteiger partial charge on any atom is 0.169 e. The summed E-state index contributed by atoms with van der Waals surface area (Å²) in [5.41, 5.74) is 3.76. The molecule has 0 heterocycles. The molecule has 2 aliphatic carbocycles. The fraction of sp³-hybridized carbons (Fsp3) is 0.318. The Balaban J connectivity index is 1.87. The lowest BCUT2D eigenvalue weighted by molar-refractivity contribution is -0.117. The molecule has 0 amide bonds. The number of fused-ring (bicyclic) bond motifs is 2. The first-order valence-corrected chi connectivity index (χ1v) is 9.43. The molecule has 2 aromatic carbocycles. The van der Waals surface area contributed by atoms with Crippen LogP contribution in [0.25, 0.3) is 16.7 Å². The molecular formula is C22H20ClFO2. The molecule has 4 heteroatoms. The van der Waals surface area contributed by atoms with E-state index in [1.807, 2.05) is 25.1 Å². The highest BCUT2D eigenvalue weighted by Crippen LogP contribution is 2.46. The van der Waals surface area contributed by atoms with Gasteiger partial charge >= 0.3 is 0 Å². The molecule has 1 N–H and O–H groups in total. The fourth-order valence-corrected chi connectivity index (χ4v) is 4.36. The summed E-state index contributed by atoms with van der Waals surface area (Å²) >= 11 is 5.79. The van der Waals surface area contributed by atoms with Crippen LogP contribution in [0.3, 0.4) is 0 Å². The predicted molar refractivity (Wildman–Crippen MR) is 102 cm³/mol. The quantitative estimate of drug-likeness (QED) is 0.721. The molecule has 0 spiro atoms. The second-order valence-electron chi connectivity index (χ2n) is 7.19. The number of ketones is 1. The van der Waals surface area contributed by atoms with Gasteiger partial charge in [0.15, 0.2) is 5.78 Å². The van der Waals surface area contributed by atoms with Crippen molar-refractivity contribution in [3.63, 3.8) is 0 Å². The first-order valence-electron chi connectivity index (χ1n) is 9.05. The molecular weight excluding hydrogens is 351 g/mol. The van der Waals surface area contributed by atoms with Gasteiger partial charge in [0.25, 0.3) is 0 Å². The van der Waals surface area contributed by atoms with Crippen molar-refractivity contribution in [1.29, 1.82) is 0 Å². The van der Waals surface area contributed by atoms with Crippen LogP contribution in [0.4, 0.5) is 4.39 Å². The molecule has 0 saturated heterocycles. The number of carbonyl (C=O) groups is 1. The predicted octanol–water partition coefficient (Wildman–Crippen LogP) is 5.98. The minimum Gasteiger partial charge on any atom is -0.511 e. The molecule has 0 aromatic heterocycles. The van der Waals surface area contributed by atoms with Crippen molar-refractivity contribution in [2.75, 3.05) is 0 Å². The Morgan fingerprint density at radius 3 is 2.54 bits per heavy atom. The molecule has 0 unspecified atom stereocenters. The Labute approximate surface area is 157 Å². The van der Waals surface area contributed by atoms with Crippen molar-refractivity contribution >= 4 is 23.0 Å². The van der Waals surface area contributed by atoms with Gasteiger partial charge in [-0.15, -0.1) is 0 Å². The zero-order valence-corrected chi connectivity index (χ0v) is 15.3. The Kier molecular flexibility index (Phi) is 4.36. The number of aliphatic hydroxyl groups excluding tert-OH is 1. The van der Waals surface area contributed by atoms with Crippen molar-refractivity contribution in [3.8, 4) is 11.1 Å². The van der Waals surface area contributed by atoms with E-state index < -0.39 is 5.82 Å². The number of halogens is 2. The van der Waals surface area contributed by atoms with E-state index in [1.54, 1.807) is 6.07 Å². The topological polar surface area (TPSA) is 37.3 Å². The number of hydrogen-bond acceptors (Lipinski definition) is 2. The molecule has 2 aromatic rings. The van der Waals surface area contributed by atoms with Crippen LogP contribution in [0.2, 0.25) is 5.02 Å². The van der Waals surface area contributed by atoms with Gasteiger partial charge in [-0.2, -0.15) is 0 Å². The first-order chi connectivity index (χ1) is 12.5. The summed E-state index contributed by atoms with van der Waals surface area (Å²) in [6, 6.07) is 10.5. The largest absolute Gasteiger partial charge is 0.511 e. The van der Waals surface area contributed by atoms with Crippen molar-refractivity contribution in [2.24, 2.45) is 11.8 Å². The third kappa shape index (κ3) is 2.75. The van der Waals surface area contributed by atoms with Crippen molar-refractivity contribution < 1.29 is 14.3 Å². The molecule has 2 atom stereocenters. The average molecular weight is 371 g/mol. The molecule has 2 aliphatic rings. The van der Waals surface area contributed by atoms with Gasteiger partial charge in [-0.3, -0.25) is 4.79 Å². The van der Waals surface area contributed by atoms with Crippen LogP contribution in [-0.2, 0) is 11.2 Å². The number of aryl methyl sites for hydroxylation is 1. The number of benzene rings is 2. The Morgan fingerprint density at radius 2 is 1.81 bits per heavy atom. The van der Waals surface area contributed by atoms with E-state index >= 15 is 0 Å². The van der Waals surface area contributed by atoms with E-state index in [0.29, 0.717) is 11.1 Å². The summed E-state index contributed by atoms with van der Waals surface area (Å²) in [4.78, 5) is 12.9.